The molecule has 6 nitrogen and oxygen atoms in total. The Bertz CT molecular complexity index is 750. The SMILES string of the molecule is CO[C](OC)c1ccc(C)c(C(OC)(OC)c2ccccc2OC)c1OC. The van der Waals surface area contributed by atoms with Gasteiger partial charge in [0.2, 0.25) is 5.79 Å². The molecule has 0 aliphatic heterocycles. The summed E-state index contributed by atoms with van der Waals surface area (Å²) in [5.74, 6) is -0.0935. The molecule has 2 aromatic carbocycles. The zero-order valence-electron chi connectivity index (χ0n) is 16.9. The normalized spacial score (nSPS) is 11.7. The molecule has 0 amide bonds. The lowest BCUT2D eigenvalue weighted by Crippen LogP contribution is -2.34. The zero-order chi connectivity index (χ0) is 20.0. The molecule has 0 N–H and O–H groups in total. The largest absolute Gasteiger partial charge is 0.496 e. The fourth-order valence-electron chi connectivity index (χ4n) is 3.32. The van der Waals surface area contributed by atoms with Crippen LogP contribution in [0.1, 0.15) is 22.3 Å². The van der Waals surface area contributed by atoms with Crippen molar-refractivity contribution in [3.05, 3.63) is 64.9 Å². The van der Waals surface area contributed by atoms with Crippen molar-refractivity contribution in [3.8, 4) is 11.5 Å². The second kappa shape index (κ2) is 9.19. The number of methoxy groups -OCH3 is 6. The molecule has 0 atom stereocenters. The van der Waals surface area contributed by atoms with Gasteiger partial charge in [0.15, 0.2) is 0 Å². The fraction of sp³-hybridized carbons (Fsp3) is 0.381. The van der Waals surface area contributed by atoms with E-state index in [2.05, 4.69) is 0 Å². The molecular weight excluding hydrogens is 348 g/mol. The number of hydrogen-bond acceptors (Lipinski definition) is 6. The van der Waals surface area contributed by atoms with E-state index in [0.29, 0.717) is 34.5 Å². The summed E-state index contributed by atoms with van der Waals surface area (Å²) in [6.45, 7) is 1.96. The number of para-hydroxylation sites is 1. The van der Waals surface area contributed by atoms with Crippen LogP contribution >= 0.6 is 0 Å². The number of ether oxygens (including phenoxy) is 6. The maximum atomic E-state index is 5.95. The molecule has 2 aromatic rings. The molecule has 27 heavy (non-hydrogen) atoms. The summed E-state index contributed by atoms with van der Waals surface area (Å²) in [6.07, 6.45) is 0.328. The Labute approximate surface area is 160 Å². The predicted octanol–water partition coefficient (Wildman–Crippen LogP) is 3.64. The fourth-order valence-corrected chi connectivity index (χ4v) is 3.32. The van der Waals surface area contributed by atoms with Crippen molar-refractivity contribution in [2.75, 3.05) is 42.7 Å². The van der Waals surface area contributed by atoms with Gasteiger partial charge in [0.05, 0.1) is 30.9 Å². The molecule has 0 spiro atoms. The topological polar surface area (TPSA) is 55.4 Å². The van der Waals surface area contributed by atoms with Gasteiger partial charge in [0, 0.05) is 28.4 Å². The number of benzene rings is 2. The van der Waals surface area contributed by atoms with Crippen LogP contribution in [0.25, 0.3) is 0 Å². The summed E-state index contributed by atoms with van der Waals surface area (Å²) >= 11 is 0. The molecule has 2 rings (SSSR count). The van der Waals surface area contributed by atoms with E-state index in [9.17, 15) is 0 Å². The predicted molar refractivity (Wildman–Crippen MR) is 102 cm³/mol. The van der Waals surface area contributed by atoms with Gasteiger partial charge in [-0.1, -0.05) is 18.2 Å². The lowest BCUT2D eigenvalue weighted by molar-refractivity contribution is -0.185. The second-order valence-electron chi connectivity index (χ2n) is 5.76. The third kappa shape index (κ3) is 3.66. The smallest absolute Gasteiger partial charge is 0.259 e. The van der Waals surface area contributed by atoms with Gasteiger partial charge in [0.25, 0.3) is 6.29 Å². The van der Waals surface area contributed by atoms with E-state index in [1.165, 1.54) is 14.2 Å². The van der Waals surface area contributed by atoms with E-state index < -0.39 is 5.79 Å². The van der Waals surface area contributed by atoms with E-state index in [-0.39, 0.29) is 0 Å². The lowest BCUT2D eigenvalue weighted by atomic mass is 9.89. The Kier molecular flexibility index (Phi) is 7.21. The van der Waals surface area contributed by atoms with Crippen molar-refractivity contribution in [2.45, 2.75) is 12.7 Å². The third-order valence-corrected chi connectivity index (χ3v) is 4.53. The molecule has 0 aromatic heterocycles. The van der Waals surface area contributed by atoms with E-state index in [0.717, 1.165) is 5.56 Å². The summed E-state index contributed by atoms with van der Waals surface area (Å²) in [5, 5.41) is 0. The van der Waals surface area contributed by atoms with Gasteiger partial charge in [-0.2, -0.15) is 0 Å². The van der Waals surface area contributed by atoms with Crippen LogP contribution in [0.4, 0.5) is 0 Å². The highest BCUT2D eigenvalue weighted by atomic mass is 16.7. The molecule has 0 unspecified atom stereocenters. The molecule has 0 saturated carbocycles. The summed E-state index contributed by atoms with van der Waals surface area (Å²) in [4.78, 5) is 0. The highest BCUT2D eigenvalue weighted by molar-refractivity contribution is 5.56. The molecule has 0 aliphatic rings. The average molecular weight is 375 g/mol. The molecule has 6 heteroatoms. The van der Waals surface area contributed by atoms with Crippen LogP contribution in [-0.4, -0.2) is 42.7 Å². The molecule has 0 aliphatic carbocycles. The summed E-state index contributed by atoms with van der Waals surface area (Å²) in [6, 6.07) is 11.4. The van der Waals surface area contributed by atoms with Gasteiger partial charge in [0.1, 0.15) is 11.5 Å². The van der Waals surface area contributed by atoms with E-state index in [1.807, 2.05) is 43.3 Å². The Hall–Kier alpha value is -2.12. The van der Waals surface area contributed by atoms with Crippen LogP contribution in [-0.2, 0) is 24.7 Å². The summed E-state index contributed by atoms with van der Waals surface area (Å²) in [5.41, 5.74) is 2.98. The van der Waals surface area contributed by atoms with Crippen molar-refractivity contribution < 1.29 is 28.4 Å². The lowest BCUT2D eigenvalue weighted by Gasteiger charge is -2.35. The van der Waals surface area contributed by atoms with E-state index >= 15 is 0 Å². The van der Waals surface area contributed by atoms with Crippen molar-refractivity contribution in [2.24, 2.45) is 0 Å². The van der Waals surface area contributed by atoms with E-state index in [1.54, 1.807) is 28.4 Å². The van der Waals surface area contributed by atoms with Crippen LogP contribution in [0.15, 0.2) is 36.4 Å². The van der Waals surface area contributed by atoms with E-state index in [4.69, 9.17) is 28.4 Å². The average Bonchev–Trinajstić information content (AvgIpc) is 2.72. The van der Waals surface area contributed by atoms with Gasteiger partial charge >= 0.3 is 0 Å². The Morgan fingerprint density at radius 3 is 1.93 bits per heavy atom. The van der Waals surface area contributed by atoms with Gasteiger partial charge in [-0.3, -0.25) is 0 Å². The molecule has 147 valence electrons. The minimum atomic E-state index is -1.26. The van der Waals surface area contributed by atoms with Gasteiger partial charge in [-0.05, 0) is 30.7 Å². The molecule has 0 bridgehead atoms. The summed E-state index contributed by atoms with van der Waals surface area (Å²) < 4.78 is 34.0. The maximum absolute atomic E-state index is 5.95. The van der Waals surface area contributed by atoms with Crippen molar-refractivity contribution in [1.82, 2.24) is 0 Å². The molecule has 0 saturated heterocycles. The monoisotopic (exact) mass is 375 g/mol. The quantitative estimate of drug-likeness (QED) is 0.624. The van der Waals surface area contributed by atoms with Crippen LogP contribution in [0.5, 0.6) is 11.5 Å². The first-order valence-electron chi connectivity index (χ1n) is 8.41. The highest BCUT2D eigenvalue weighted by Gasteiger charge is 2.42. The van der Waals surface area contributed by atoms with Crippen molar-refractivity contribution in [3.63, 3.8) is 0 Å². The number of rotatable bonds is 9. The summed E-state index contributed by atoms with van der Waals surface area (Å²) in [7, 11) is 9.44. The maximum Gasteiger partial charge on any atom is 0.259 e. The van der Waals surface area contributed by atoms with Crippen molar-refractivity contribution >= 4 is 0 Å². The molecule has 0 heterocycles. The first-order chi connectivity index (χ1) is 13.0. The Morgan fingerprint density at radius 2 is 1.41 bits per heavy atom. The van der Waals surface area contributed by atoms with Crippen LogP contribution < -0.4 is 9.47 Å². The molecule has 0 fully saturated rings. The van der Waals surface area contributed by atoms with Gasteiger partial charge in [-0.15, -0.1) is 0 Å². The highest BCUT2D eigenvalue weighted by Crippen LogP contribution is 2.46. The molecule has 1 radical (unpaired) electrons. The van der Waals surface area contributed by atoms with Crippen LogP contribution in [0.3, 0.4) is 0 Å². The second-order valence-corrected chi connectivity index (χ2v) is 5.76. The zero-order valence-corrected chi connectivity index (χ0v) is 16.9. The van der Waals surface area contributed by atoms with Crippen LogP contribution in [0.2, 0.25) is 0 Å². The first kappa shape index (κ1) is 21.2. The minimum absolute atomic E-state index is 0.328. The van der Waals surface area contributed by atoms with Gasteiger partial charge < -0.3 is 28.4 Å². The Morgan fingerprint density at radius 1 is 0.778 bits per heavy atom. The van der Waals surface area contributed by atoms with Crippen LogP contribution in [0, 0.1) is 13.2 Å². The van der Waals surface area contributed by atoms with Crippen molar-refractivity contribution in [1.29, 1.82) is 0 Å². The first-order valence-corrected chi connectivity index (χ1v) is 8.41. The Balaban J connectivity index is 2.87. The third-order valence-electron chi connectivity index (χ3n) is 4.53. The molecular formula is C21H27O6. The number of hydrogen-bond donors (Lipinski definition) is 0. The number of aryl methyl sites for hydroxylation is 1. The van der Waals surface area contributed by atoms with Gasteiger partial charge in [-0.25, -0.2) is 0 Å². The minimum Gasteiger partial charge on any atom is -0.496 e. The standard InChI is InChI=1S/C21H27O6/c1-14-12-13-15(20(24-4)25-5)19(23-3)18(14)21(26-6,27-7)16-10-8-9-11-17(16)22-2/h8-13H,1-7H3.